The highest BCUT2D eigenvalue weighted by atomic mass is 35.5. The van der Waals surface area contributed by atoms with Crippen molar-refractivity contribution in [2.45, 2.75) is 0 Å². The maximum Gasteiger partial charge on any atom is 0.0606 e. The molecule has 0 aromatic heterocycles. The van der Waals surface area contributed by atoms with E-state index in [2.05, 4.69) is 0 Å². The Balaban J connectivity index is 2.56. The molecule has 0 saturated carbocycles. The van der Waals surface area contributed by atoms with E-state index in [1.165, 1.54) is 0 Å². The molecule has 2 rings (SSSR count). The molecule has 118 valence electrons. The van der Waals surface area contributed by atoms with E-state index in [0.717, 1.165) is 16.8 Å². The van der Waals surface area contributed by atoms with Crippen LogP contribution in [0.3, 0.4) is 0 Å². The molecule has 4 N–H and O–H groups in total. The van der Waals surface area contributed by atoms with Crippen molar-refractivity contribution in [2.24, 2.45) is 0 Å². The molecule has 6 heteroatoms. The van der Waals surface area contributed by atoms with Crippen LogP contribution in [0.5, 0.6) is 0 Å². The maximum atomic E-state index is 9.24. The number of nitrogens with zero attached hydrogens (tertiary/aromatic N) is 1. The number of anilines is 2. The fourth-order valence-corrected chi connectivity index (χ4v) is 2.86. The lowest BCUT2D eigenvalue weighted by atomic mass is 10.0. The van der Waals surface area contributed by atoms with Crippen LogP contribution in [0, 0.1) is 0 Å². The molecule has 0 aliphatic heterocycles. The Bertz CT molecular complexity index is 644. The van der Waals surface area contributed by atoms with Gasteiger partial charge in [-0.3, -0.25) is 0 Å². The Morgan fingerprint density at radius 2 is 1.59 bits per heavy atom. The smallest absolute Gasteiger partial charge is 0.0606 e. The molecule has 22 heavy (non-hydrogen) atoms. The van der Waals surface area contributed by atoms with E-state index >= 15 is 0 Å². The average molecular weight is 341 g/mol. The fourth-order valence-electron chi connectivity index (χ4n) is 2.35. The molecule has 2 aromatic rings. The van der Waals surface area contributed by atoms with Crippen LogP contribution < -0.4 is 10.6 Å². The van der Waals surface area contributed by atoms with Gasteiger partial charge in [0, 0.05) is 45.6 Å². The summed E-state index contributed by atoms with van der Waals surface area (Å²) in [6.45, 7) is 0.779. The molecule has 0 saturated heterocycles. The van der Waals surface area contributed by atoms with E-state index in [4.69, 9.17) is 28.9 Å². The first kappa shape index (κ1) is 16.9. The van der Waals surface area contributed by atoms with Crippen LogP contribution in [0.4, 0.5) is 11.4 Å². The van der Waals surface area contributed by atoms with Gasteiger partial charge in [0.25, 0.3) is 0 Å². The quantitative estimate of drug-likeness (QED) is 0.707. The first-order valence-corrected chi connectivity index (χ1v) is 7.64. The summed E-state index contributed by atoms with van der Waals surface area (Å²) >= 11 is 12.3. The standard InChI is InChI=1S/C16H18Cl2N2O2/c17-11-1-3-13(15(18)9-11)14-10-12(19)2-4-16(14)20(5-7-21)6-8-22/h1-4,9-10,21-22H,5-8,19H2. The number of hydrogen-bond donors (Lipinski definition) is 3. The normalized spacial score (nSPS) is 10.7. The van der Waals surface area contributed by atoms with E-state index in [1.54, 1.807) is 18.2 Å². The number of rotatable bonds is 6. The summed E-state index contributed by atoms with van der Waals surface area (Å²) in [5.41, 5.74) is 9.00. The van der Waals surface area contributed by atoms with Crippen molar-refractivity contribution >= 4 is 34.6 Å². The van der Waals surface area contributed by atoms with Crippen molar-refractivity contribution in [3.8, 4) is 11.1 Å². The highest BCUT2D eigenvalue weighted by Crippen LogP contribution is 2.37. The van der Waals surface area contributed by atoms with E-state index in [9.17, 15) is 10.2 Å². The molecule has 0 aliphatic rings. The molecule has 0 fully saturated rings. The highest BCUT2D eigenvalue weighted by Gasteiger charge is 2.15. The van der Waals surface area contributed by atoms with E-state index in [0.29, 0.717) is 28.8 Å². The second-order valence-electron chi connectivity index (χ2n) is 4.84. The van der Waals surface area contributed by atoms with Crippen LogP contribution in [0.2, 0.25) is 10.0 Å². The van der Waals surface area contributed by atoms with Gasteiger partial charge in [0.2, 0.25) is 0 Å². The minimum atomic E-state index is -0.0157. The summed E-state index contributed by atoms with van der Waals surface area (Å²) in [6, 6.07) is 10.7. The Kier molecular flexibility index (Phi) is 5.91. The van der Waals surface area contributed by atoms with Gasteiger partial charge in [0.1, 0.15) is 0 Å². The molecule has 4 nitrogen and oxygen atoms in total. The predicted molar refractivity (Wildman–Crippen MR) is 92.7 cm³/mol. The van der Waals surface area contributed by atoms with Gasteiger partial charge in [-0.15, -0.1) is 0 Å². The van der Waals surface area contributed by atoms with Gasteiger partial charge in [0.15, 0.2) is 0 Å². The van der Waals surface area contributed by atoms with Crippen molar-refractivity contribution in [2.75, 3.05) is 36.9 Å². The van der Waals surface area contributed by atoms with E-state index < -0.39 is 0 Å². The first-order valence-electron chi connectivity index (χ1n) is 6.88. The number of hydrogen-bond acceptors (Lipinski definition) is 4. The van der Waals surface area contributed by atoms with Crippen molar-refractivity contribution in [3.05, 3.63) is 46.4 Å². The third kappa shape index (κ3) is 3.84. The van der Waals surface area contributed by atoms with Crippen LogP contribution in [0.25, 0.3) is 11.1 Å². The van der Waals surface area contributed by atoms with Crippen LogP contribution in [0.15, 0.2) is 36.4 Å². The van der Waals surface area contributed by atoms with E-state index in [1.807, 2.05) is 23.1 Å². The topological polar surface area (TPSA) is 69.7 Å². The number of nitrogen functional groups attached to an aromatic ring is 1. The monoisotopic (exact) mass is 340 g/mol. The molecule has 0 bridgehead atoms. The van der Waals surface area contributed by atoms with Gasteiger partial charge in [-0.05, 0) is 30.3 Å². The highest BCUT2D eigenvalue weighted by molar-refractivity contribution is 6.36. The summed E-state index contributed by atoms with van der Waals surface area (Å²) in [4.78, 5) is 1.89. The Morgan fingerprint density at radius 3 is 2.18 bits per heavy atom. The SMILES string of the molecule is Nc1ccc(N(CCO)CCO)c(-c2ccc(Cl)cc2Cl)c1. The Hall–Kier alpha value is -1.46. The fraction of sp³-hybridized carbons (Fsp3) is 0.250. The van der Waals surface area contributed by atoms with Crippen molar-refractivity contribution < 1.29 is 10.2 Å². The minimum absolute atomic E-state index is 0.0157. The summed E-state index contributed by atoms with van der Waals surface area (Å²) < 4.78 is 0. The number of aliphatic hydroxyl groups is 2. The minimum Gasteiger partial charge on any atom is -0.399 e. The van der Waals surface area contributed by atoms with Crippen molar-refractivity contribution in [3.63, 3.8) is 0 Å². The number of halogens is 2. The lowest BCUT2D eigenvalue weighted by Gasteiger charge is -2.26. The zero-order valence-electron chi connectivity index (χ0n) is 12.0. The molecule has 0 atom stereocenters. The molecule has 0 heterocycles. The van der Waals surface area contributed by atoms with Crippen LogP contribution >= 0.6 is 23.2 Å². The third-order valence-electron chi connectivity index (χ3n) is 3.32. The number of aliphatic hydroxyl groups excluding tert-OH is 2. The number of nitrogens with two attached hydrogens (primary N) is 1. The summed E-state index contributed by atoms with van der Waals surface area (Å²) in [7, 11) is 0. The van der Waals surface area contributed by atoms with Crippen molar-refractivity contribution in [1.82, 2.24) is 0 Å². The molecular formula is C16H18Cl2N2O2. The van der Waals surface area contributed by atoms with Gasteiger partial charge < -0.3 is 20.8 Å². The van der Waals surface area contributed by atoms with Crippen LogP contribution in [0.1, 0.15) is 0 Å². The molecule has 0 unspecified atom stereocenters. The molecule has 0 spiro atoms. The second kappa shape index (κ2) is 7.70. The first-order chi connectivity index (χ1) is 10.6. The summed E-state index contributed by atoms with van der Waals surface area (Å²) in [5.74, 6) is 0. The Labute approximate surface area is 139 Å². The number of benzene rings is 2. The predicted octanol–water partition coefficient (Wildman–Crippen LogP) is 3.03. The zero-order chi connectivity index (χ0) is 16.1. The van der Waals surface area contributed by atoms with Gasteiger partial charge in [-0.1, -0.05) is 29.3 Å². The second-order valence-corrected chi connectivity index (χ2v) is 5.68. The summed E-state index contributed by atoms with van der Waals surface area (Å²) in [5, 5.41) is 19.6. The van der Waals surface area contributed by atoms with Gasteiger partial charge in [-0.25, -0.2) is 0 Å². The molecule has 0 aliphatic carbocycles. The lowest BCUT2D eigenvalue weighted by molar-refractivity contribution is 0.281. The van der Waals surface area contributed by atoms with Gasteiger partial charge in [-0.2, -0.15) is 0 Å². The van der Waals surface area contributed by atoms with Crippen LogP contribution in [-0.2, 0) is 0 Å². The van der Waals surface area contributed by atoms with E-state index in [-0.39, 0.29) is 13.2 Å². The molecule has 0 radical (unpaired) electrons. The summed E-state index contributed by atoms with van der Waals surface area (Å²) in [6.07, 6.45) is 0. The molecule has 0 amide bonds. The largest absolute Gasteiger partial charge is 0.399 e. The Morgan fingerprint density at radius 1 is 0.909 bits per heavy atom. The molecule has 2 aromatic carbocycles. The molecular weight excluding hydrogens is 323 g/mol. The third-order valence-corrected chi connectivity index (χ3v) is 3.87. The lowest BCUT2D eigenvalue weighted by Crippen LogP contribution is -2.30. The van der Waals surface area contributed by atoms with Crippen molar-refractivity contribution in [1.29, 1.82) is 0 Å². The van der Waals surface area contributed by atoms with Crippen LogP contribution in [-0.4, -0.2) is 36.5 Å². The average Bonchev–Trinajstić information content (AvgIpc) is 2.47. The van der Waals surface area contributed by atoms with Gasteiger partial charge in [0.05, 0.1) is 13.2 Å². The maximum absolute atomic E-state index is 9.24. The zero-order valence-corrected chi connectivity index (χ0v) is 13.5. The van der Waals surface area contributed by atoms with Gasteiger partial charge >= 0.3 is 0 Å².